The number of aromatic nitrogens is 1. The summed E-state index contributed by atoms with van der Waals surface area (Å²) in [7, 11) is -0.536. The van der Waals surface area contributed by atoms with Crippen LogP contribution in [0.2, 0.25) is 0 Å². The van der Waals surface area contributed by atoms with Crippen molar-refractivity contribution in [3.63, 3.8) is 0 Å². The van der Waals surface area contributed by atoms with Crippen molar-refractivity contribution in [2.75, 3.05) is 33.7 Å². The zero-order valence-electron chi connectivity index (χ0n) is 20.7. The van der Waals surface area contributed by atoms with Crippen LogP contribution in [0.5, 0.6) is 0 Å². The van der Waals surface area contributed by atoms with Crippen LogP contribution in [0.3, 0.4) is 0 Å². The summed E-state index contributed by atoms with van der Waals surface area (Å²) in [5, 5.41) is 3.67. The molecule has 9 heteroatoms. The van der Waals surface area contributed by atoms with Gasteiger partial charge >= 0.3 is 6.03 Å². The Labute approximate surface area is 223 Å². The Kier molecular flexibility index (Phi) is 7.59. The summed E-state index contributed by atoms with van der Waals surface area (Å²) < 4.78 is 28.6. The molecule has 2 heterocycles. The lowest BCUT2D eigenvalue weighted by molar-refractivity contribution is 0.0504. The molecule has 5 rings (SSSR count). The lowest BCUT2D eigenvalue weighted by Crippen LogP contribution is -2.54. The van der Waals surface area contributed by atoms with Crippen molar-refractivity contribution in [3.05, 3.63) is 90.6 Å². The highest BCUT2D eigenvalue weighted by Gasteiger charge is 2.31. The lowest BCUT2D eigenvalue weighted by Gasteiger charge is -2.39. The Morgan fingerprint density at radius 2 is 1.55 bits per heavy atom. The highest BCUT2D eigenvalue weighted by atomic mass is 32.2. The first-order valence-corrected chi connectivity index (χ1v) is 13.5. The van der Waals surface area contributed by atoms with Gasteiger partial charge in [0.2, 0.25) is 0 Å². The van der Waals surface area contributed by atoms with E-state index in [0.717, 1.165) is 16.5 Å². The number of nitrogens with one attached hydrogen (secondary N) is 1. The minimum absolute atomic E-state index is 0. The summed E-state index contributed by atoms with van der Waals surface area (Å²) in [5.74, 6) is 0.0465. The first-order valence-electron chi connectivity index (χ1n) is 12.0. The van der Waals surface area contributed by atoms with Crippen molar-refractivity contribution in [3.8, 4) is 11.1 Å². The Bertz CT molecular complexity index is 1560. The Hall–Kier alpha value is -4.11. The van der Waals surface area contributed by atoms with Gasteiger partial charge in [-0.3, -0.25) is 4.79 Å². The summed E-state index contributed by atoms with van der Waals surface area (Å²) >= 11 is 0. The number of amides is 3. The smallest absolute Gasteiger partial charge is 0.316 e. The van der Waals surface area contributed by atoms with Gasteiger partial charge < -0.3 is 15.1 Å². The third kappa shape index (κ3) is 5.02. The lowest BCUT2D eigenvalue weighted by atomic mass is 9.99. The molecule has 0 unspecified atom stereocenters. The maximum absolute atomic E-state index is 13.6. The average molecular weight is 533 g/mol. The predicted octanol–water partition coefficient (Wildman–Crippen LogP) is 4.52. The molecule has 38 heavy (non-hydrogen) atoms. The number of fused-ring (bicyclic) bond motifs is 1. The van der Waals surface area contributed by atoms with Crippen LogP contribution in [0, 0.1) is 5.92 Å². The Morgan fingerprint density at radius 3 is 2.21 bits per heavy atom. The molecule has 1 aliphatic rings. The fraction of sp³-hybridized carbons (Fsp3) is 0.241. The molecule has 3 aromatic carbocycles. The van der Waals surface area contributed by atoms with Crippen LogP contribution in [-0.2, 0) is 10.0 Å². The van der Waals surface area contributed by atoms with Crippen LogP contribution >= 0.6 is 0 Å². The Balaban J connectivity index is 0.00000336. The number of benzene rings is 3. The van der Waals surface area contributed by atoms with E-state index in [-0.39, 0.29) is 30.2 Å². The summed E-state index contributed by atoms with van der Waals surface area (Å²) in [4.78, 5) is 27.8. The summed E-state index contributed by atoms with van der Waals surface area (Å²) in [6, 6.07) is 23.0. The number of likely N-dealkylation sites (tertiary alicyclic amines) is 1. The van der Waals surface area contributed by atoms with Crippen molar-refractivity contribution in [1.82, 2.24) is 19.1 Å². The van der Waals surface area contributed by atoms with Gasteiger partial charge in [0.15, 0.2) is 0 Å². The van der Waals surface area contributed by atoms with Crippen molar-refractivity contribution in [1.29, 1.82) is 0 Å². The number of carbonyl (C=O) groups excluding carboxylic acids is 2. The molecule has 0 saturated carbocycles. The van der Waals surface area contributed by atoms with Crippen LogP contribution in [0.1, 0.15) is 17.8 Å². The second kappa shape index (κ2) is 10.7. The number of urea groups is 1. The van der Waals surface area contributed by atoms with E-state index in [0.29, 0.717) is 30.7 Å². The second-order valence-electron chi connectivity index (χ2n) is 9.41. The molecule has 4 aromatic rings. The van der Waals surface area contributed by atoms with Crippen LogP contribution in [0.25, 0.3) is 22.0 Å². The van der Waals surface area contributed by atoms with Gasteiger partial charge in [0, 0.05) is 62.4 Å². The van der Waals surface area contributed by atoms with Crippen LogP contribution < -0.4 is 5.32 Å². The Morgan fingerprint density at radius 1 is 0.921 bits per heavy atom. The summed E-state index contributed by atoms with van der Waals surface area (Å²) in [6.45, 7) is 1.60. The molecule has 0 atom stereocenters. The van der Waals surface area contributed by atoms with Crippen LogP contribution in [-0.4, -0.2) is 67.9 Å². The maximum Gasteiger partial charge on any atom is 0.316 e. The highest BCUT2D eigenvalue weighted by molar-refractivity contribution is 7.90. The van der Waals surface area contributed by atoms with E-state index in [1.165, 1.54) is 21.0 Å². The fourth-order valence-corrected chi connectivity index (χ4v) is 5.89. The van der Waals surface area contributed by atoms with Crippen molar-refractivity contribution < 1.29 is 18.0 Å². The molecular formula is C29H32N4O4S. The molecule has 1 saturated heterocycles. The first-order chi connectivity index (χ1) is 17.8. The number of hydrogen-bond donors (Lipinski definition) is 1. The van der Waals surface area contributed by atoms with Gasteiger partial charge in [-0.25, -0.2) is 17.2 Å². The van der Waals surface area contributed by atoms with Crippen molar-refractivity contribution in [2.24, 2.45) is 5.92 Å². The van der Waals surface area contributed by atoms with Crippen LogP contribution in [0.4, 0.5) is 4.79 Å². The van der Waals surface area contributed by atoms with E-state index < -0.39 is 10.0 Å². The highest BCUT2D eigenvalue weighted by Crippen LogP contribution is 2.33. The normalized spacial score (nSPS) is 13.5. The number of rotatable bonds is 6. The van der Waals surface area contributed by atoms with E-state index in [4.69, 9.17) is 0 Å². The van der Waals surface area contributed by atoms with Gasteiger partial charge in [0.05, 0.1) is 10.4 Å². The van der Waals surface area contributed by atoms with Gasteiger partial charge in [-0.1, -0.05) is 56.0 Å². The minimum Gasteiger partial charge on any atom is -0.338 e. The predicted molar refractivity (Wildman–Crippen MR) is 150 cm³/mol. The number of carbonyl (C=O) groups is 2. The molecule has 198 valence electrons. The molecule has 0 radical (unpaired) electrons. The van der Waals surface area contributed by atoms with Crippen molar-refractivity contribution in [2.45, 2.75) is 12.3 Å². The fourth-order valence-electron chi connectivity index (χ4n) is 4.52. The first kappa shape index (κ1) is 26.9. The molecule has 1 N–H and O–H groups in total. The van der Waals surface area contributed by atoms with E-state index in [1.807, 2.05) is 48.5 Å². The third-order valence-corrected chi connectivity index (χ3v) is 8.30. The molecule has 1 fully saturated rings. The van der Waals surface area contributed by atoms with E-state index in [2.05, 4.69) is 5.32 Å². The summed E-state index contributed by atoms with van der Waals surface area (Å²) in [6.07, 6.45) is 1.66. The van der Waals surface area contributed by atoms with Crippen molar-refractivity contribution >= 4 is 32.9 Å². The molecular weight excluding hydrogens is 500 g/mol. The molecule has 0 bridgehead atoms. The van der Waals surface area contributed by atoms with Gasteiger partial charge in [0.25, 0.3) is 15.9 Å². The third-order valence-electron chi connectivity index (χ3n) is 6.61. The molecule has 1 aliphatic heterocycles. The van der Waals surface area contributed by atoms with E-state index in [9.17, 15) is 18.0 Å². The molecule has 3 amide bonds. The van der Waals surface area contributed by atoms with Crippen LogP contribution in [0.15, 0.2) is 90.0 Å². The summed E-state index contributed by atoms with van der Waals surface area (Å²) in [5.41, 5.74) is 2.79. The minimum atomic E-state index is -3.89. The molecule has 1 aromatic heterocycles. The maximum atomic E-state index is 13.6. The molecule has 8 nitrogen and oxygen atoms in total. The standard InChI is InChI=1S/C28H28N4O4S.CH4/c1-30(2)28(34)29-16-20-17-31(18-20)27(33)22-12-14-23(15-13-22)37(35,36)32-19-25(21-8-4-3-5-9-21)24-10-6-7-11-26(24)32;/h3-15,19-20H,16-18H2,1-2H3,(H,29,34);1H4. The topological polar surface area (TPSA) is 91.7 Å². The van der Waals surface area contributed by atoms with Gasteiger partial charge in [-0.05, 0) is 35.9 Å². The number of hydrogen-bond acceptors (Lipinski definition) is 4. The monoisotopic (exact) mass is 532 g/mol. The SMILES string of the molecule is C.CN(C)C(=O)NCC1CN(C(=O)c2ccc(S(=O)(=O)n3cc(-c4ccccc4)c4ccccc43)cc2)C1. The van der Waals surface area contributed by atoms with E-state index in [1.54, 1.807) is 43.4 Å². The van der Waals surface area contributed by atoms with Gasteiger partial charge in [-0.2, -0.15) is 0 Å². The van der Waals surface area contributed by atoms with E-state index >= 15 is 0 Å². The number of para-hydroxylation sites is 1. The van der Waals surface area contributed by atoms with Gasteiger partial charge in [0.1, 0.15) is 0 Å². The number of nitrogens with zero attached hydrogens (tertiary/aromatic N) is 3. The quantitative estimate of drug-likeness (QED) is 0.395. The zero-order chi connectivity index (χ0) is 26.2. The van der Waals surface area contributed by atoms with Gasteiger partial charge in [-0.15, -0.1) is 0 Å². The zero-order valence-corrected chi connectivity index (χ0v) is 21.5. The second-order valence-corrected chi connectivity index (χ2v) is 11.2. The average Bonchev–Trinajstić information content (AvgIpc) is 3.28. The molecule has 0 aliphatic carbocycles. The largest absolute Gasteiger partial charge is 0.338 e. The molecule has 0 spiro atoms.